The fourth-order valence-electron chi connectivity index (χ4n) is 3.39. The fourth-order valence-corrected chi connectivity index (χ4v) is 3.39. The summed E-state index contributed by atoms with van der Waals surface area (Å²) in [4.78, 5) is 2.38. The Labute approximate surface area is 158 Å². The van der Waals surface area contributed by atoms with Crippen LogP contribution in [0.2, 0.25) is 0 Å². The topological polar surface area (TPSA) is 37.6 Å². The van der Waals surface area contributed by atoms with Crippen molar-refractivity contribution in [2.45, 2.75) is 52.8 Å². The normalized spacial score (nSPS) is 12.7. The highest BCUT2D eigenvalue weighted by atomic mass is 16.5. The monoisotopic (exact) mass is 358 g/mol. The smallest absolute Gasteiger partial charge is 0.119 e. The van der Waals surface area contributed by atoms with Crippen LogP contribution in [-0.2, 0) is 13.1 Å². The molecule has 1 aromatic carbocycles. The van der Waals surface area contributed by atoms with Gasteiger partial charge in [0.05, 0.1) is 13.2 Å². The molecule has 0 aliphatic carbocycles. The van der Waals surface area contributed by atoms with Crippen molar-refractivity contribution < 1.29 is 9.84 Å². The van der Waals surface area contributed by atoms with Gasteiger partial charge in [-0.25, -0.2) is 0 Å². The van der Waals surface area contributed by atoms with E-state index in [1.54, 1.807) is 7.11 Å². The van der Waals surface area contributed by atoms with Crippen molar-refractivity contribution in [3.63, 3.8) is 0 Å². The Morgan fingerprint density at radius 1 is 1.15 bits per heavy atom. The molecule has 0 spiro atoms. The van der Waals surface area contributed by atoms with Crippen molar-refractivity contribution in [3.8, 4) is 5.75 Å². The molecule has 0 amide bonds. The third-order valence-corrected chi connectivity index (χ3v) is 4.51. The molecule has 0 aliphatic heterocycles. The summed E-state index contributed by atoms with van der Waals surface area (Å²) < 4.78 is 7.62. The summed E-state index contributed by atoms with van der Waals surface area (Å²) in [5.41, 5.74) is 2.50. The van der Waals surface area contributed by atoms with E-state index in [0.29, 0.717) is 5.92 Å². The first-order valence-electron chi connectivity index (χ1n) is 9.69. The van der Waals surface area contributed by atoms with E-state index in [-0.39, 0.29) is 6.10 Å². The average molecular weight is 359 g/mol. The van der Waals surface area contributed by atoms with Gasteiger partial charge in [0.15, 0.2) is 0 Å². The summed E-state index contributed by atoms with van der Waals surface area (Å²) in [6.45, 7) is 9.99. The number of methoxy groups -OCH3 is 1. The van der Waals surface area contributed by atoms with Gasteiger partial charge in [-0.1, -0.05) is 39.3 Å². The predicted octanol–water partition coefficient (Wildman–Crippen LogP) is 4.16. The van der Waals surface area contributed by atoms with Gasteiger partial charge in [-0.15, -0.1) is 0 Å². The first kappa shape index (κ1) is 20.5. The van der Waals surface area contributed by atoms with Crippen molar-refractivity contribution >= 4 is 0 Å². The van der Waals surface area contributed by atoms with Gasteiger partial charge in [0.1, 0.15) is 5.75 Å². The van der Waals surface area contributed by atoms with Crippen LogP contribution >= 0.6 is 0 Å². The molecular weight excluding hydrogens is 324 g/mol. The number of aliphatic hydroxyl groups is 1. The number of hydrogen-bond donors (Lipinski definition) is 1. The van der Waals surface area contributed by atoms with Gasteiger partial charge in [-0.05, 0) is 42.2 Å². The molecular formula is C22H34N2O2. The number of hydrogen-bond acceptors (Lipinski definition) is 3. The Balaban J connectivity index is 2.08. The van der Waals surface area contributed by atoms with Crippen molar-refractivity contribution in [1.29, 1.82) is 0 Å². The Hall–Kier alpha value is -1.78. The maximum absolute atomic E-state index is 10.3. The van der Waals surface area contributed by atoms with Crippen LogP contribution in [0.1, 0.15) is 44.9 Å². The third kappa shape index (κ3) is 6.50. The molecule has 0 fully saturated rings. The summed E-state index contributed by atoms with van der Waals surface area (Å²) in [5.74, 6) is 1.46. The summed E-state index contributed by atoms with van der Waals surface area (Å²) in [5, 5.41) is 10.3. The molecule has 2 rings (SSSR count). The third-order valence-electron chi connectivity index (χ3n) is 4.51. The van der Waals surface area contributed by atoms with Crippen LogP contribution in [0.3, 0.4) is 0 Å². The van der Waals surface area contributed by atoms with Crippen LogP contribution in [0.25, 0.3) is 0 Å². The zero-order valence-electron chi connectivity index (χ0n) is 16.7. The molecule has 0 aliphatic rings. The molecule has 0 saturated carbocycles. The molecule has 0 saturated heterocycles. The largest absolute Gasteiger partial charge is 0.497 e. The Morgan fingerprint density at radius 3 is 2.65 bits per heavy atom. The molecule has 1 aromatic heterocycles. The minimum absolute atomic E-state index is 0.249. The minimum atomic E-state index is -0.249. The van der Waals surface area contributed by atoms with E-state index in [1.165, 1.54) is 11.3 Å². The van der Waals surface area contributed by atoms with Gasteiger partial charge in [0.25, 0.3) is 0 Å². The molecule has 4 heteroatoms. The quantitative estimate of drug-likeness (QED) is 0.655. The first-order valence-corrected chi connectivity index (χ1v) is 9.69. The van der Waals surface area contributed by atoms with Gasteiger partial charge >= 0.3 is 0 Å². The zero-order valence-corrected chi connectivity index (χ0v) is 16.7. The SMILES string of the molecule is CCC[C@H](O)CN(Cc1cccn1Cc1cccc(OC)c1)CC(C)C. The second-order valence-corrected chi connectivity index (χ2v) is 7.51. The maximum atomic E-state index is 10.3. The van der Waals surface area contributed by atoms with E-state index in [1.807, 2.05) is 12.1 Å². The van der Waals surface area contributed by atoms with Gasteiger partial charge in [0.2, 0.25) is 0 Å². The molecule has 0 unspecified atom stereocenters. The van der Waals surface area contributed by atoms with E-state index in [0.717, 1.165) is 44.8 Å². The summed E-state index contributed by atoms with van der Waals surface area (Å²) >= 11 is 0. The van der Waals surface area contributed by atoms with Crippen molar-refractivity contribution in [2.75, 3.05) is 20.2 Å². The Kier molecular flexibility index (Phi) is 8.20. The van der Waals surface area contributed by atoms with Crippen LogP contribution < -0.4 is 4.74 Å². The standard InChI is InChI=1S/C22H34N2O2/c1-5-8-21(25)17-23(14-18(2)3)16-20-10-7-12-24(20)15-19-9-6-11-22(13-19)26-4/h6-7,9-13,18,21,25H,5,8,14-17H2,1-4H3/t21-/m0/s1. The second-order valence-electron chi connectivity index (χ2n) is 7.51. The van der Waals surface area contributed by atoms with Crippen LogP contribution in [0.5, 0.6) is 5.75 Å². The molecule has 1 N–H and O–H groups in total. The minimum Gasteiger partial charge on any atom is -0.497 e. The van der Waals surface area contributed by atoms with E-state index in [2.05, 4.69) is 60.7 Å². The number of nitrogens with zero attached hydrogens (tertiary/aromatic N) is 2. The Bertz CT molecular complexity index is 651. The lowest BCUT2D eigenvalue weighted by Gasteiger charge is -2.27. The van der Waals surface area contributed by atoms with Crippen molar-refractivity contribution in [2.24, 2.45) is 5.92 Å². The number of ether oxygens (including phenoxy) is 1. The molecule has 4 nitrogen and oxygen atoms in total. The molecule has 0 bridgehead atoms. The van der Waals surface area contributed by atoms with Crippen molar-refractivity contribution in [1.82, 2.24) is 9.47 Å². The lowest BCUT2D eigenvalue weighted by molar-refractivity contribution is 0.0932. The maximum Gasteiger partial charge on any atom is 0.119 e. The highest BCUT2D eigenvalue weighted by Gasteiger charge is 2.15. The highest BCUT2D eigenvalue weighted by Crippen LogP contribution is 2.16. The Morgan fingerprint density at radius 2 is 1.96 bits per heavy atom. The highest BCUT2D eigenvalue weighted by molar-refractivity contribution is 5.29. The fraction of sp³-hybridized carbons (Fsp3) is 0.545. The second kappa shape index (κ2) is 10.4. The van der Waals surface area contributed by atoms with Gasteiger partial charge < -0.3 is 14.4 Å². The lowest BCUT2D eigenvalue weighted by Crippen LogP contribution is -2.35. The van der Waals surface area contributed by atoms with E-state index < -0.39 is 0 Å². The summed E-state index contributed by atoms with van der Waals surface area (Å²) in [7, 11) is 1.70. The van der Waals surface area contributed by atoms with Crippen LogP contribution in [-0.4, -0.2) is 40.9 Å². The van der Waals surface area contributed by atoms with E-state index >= 15 is 0 Å². The molecule has 26 heavy (non-hydrogen) atoms. The van der Waals surface area contributed by atoms with Gasteiger partial charge in [-0.3, -0.25) is 4.90 Å². The summed E-state index contributed by atoms with van der Waals surface area (Å²) in [6.07, 6.45) is 3.76. The number of rotatable bonds is 11. The van der Waals surface area contributed by atoms with Crippen LogP contribution in [0.15, 0.2) is 42.6 Å². The van der Waals surface area contributed by atoms with E-state index in [9.17, 15) is 5.11 Å². The van der Waals surface area contributed by atoms with Crippen molar-refractivity contribution in [3.05, 3.63) is 53.9 Å². The number of benzene rings is 1. The number of aliphatic hydroxyl groups excluding tert-OH is 1. The molecule has 0 radical (unpaired) electrons. The molecule has 1 atom stereocenters. The molecule has 2 aromatic rings. The molecule has 1 heterocycles. The lowest BCUT2D eigenvalue weighted by atomic mass is 10.1. The van der Waals surface area contributed by atoms with Gasteiger partial charge in [-0.2, -0.15) is 0 Å². The van der Waals surface area contributed by atoms with Crippen LogP contribution in [0.4, 0.5) is 0 Å². The summed E-state index contributed by atoms with van der Waals surface area (Å²) in [6, 6.07) is 12.5. The van der Waals surface area contributed by atoms with E-state index in [4.69, 9.17) is 4.74 Å². The predicted molar refractivity (Wildman–Crippen MR) is 108 cm³/mol. The molecule has 144 valence electrons. The first-order chi connectivity index (χ1) is 12.5. The van der Waals surface area contributed by atoms with Gasteiger partial charge in [0, 0.05) is 38.1 Å². The number of aromatic nitrogens is 1. The average Bonchev–Trinajstić information content (AvgIpc) is 3.01. The zero-order chi connectivity index (χ0) is 18.9. The van der Waals surface area contributed by atoms with Crippen LogP contribution in [0, 0.1) is 5.92 Å².